The van der Waals surface area contributed by atoms with Crippen molar-refractivity contribution in [3.63, 3.8) is 0 Å². The molecule has 135 heavy (non-hydrogen) atoms. The fraction of sp³-hybridized carbons (Fsp3) is 0.452. The van der Waals surface area contributed by atoms with E-state index < -0.39 is 251 Å². The molecule has 4 aromatic carbocycles. The number of hydrogen-bond donors (Lipinski definition) is 14. The van der Waals surface area contributed by atoms with Gasteiger partial charge in [0.15, 0.2) is 5.78 Å². The van der Waals surface area contributed by atoms with E-state index in [0.29, 0.717) is 50.6 Å². The topological polar surface area (TPSA) is 518 Å². The maximum absolute atomic E-state index is 15.8. The van der Waals surface area contributed by atoms with E-state index in [0.717, 1.165) is 69.7 Å². The third kappa shape index (κ3) is 26.7. The van der Waals surface area contributed by atoms with Crippen LogP contribution in [0.3, 0.4) is 0 Å². The summed E-state index contributed by atoms with van der Waals surface area (Å²) in [5.74, 6) is -20.0. The molecule has 2 fully saturated rings. The van der Waals surface area contributed by atoms with Crippen molar-refractivity contribution in [1.29, 1.82) is 0 Å². The molecule has 0 radical (unpaired) electrons. The van der Waals surface area contributed by atoms with Gasteiger partial charge in [-0.2, -0.15) is 13.2 Å². The normalized spacial score (nSPS) is 22.7. The predicted octanol–water partition coefficient (Wildman–Crippen LogP) is 3.85. The summed E-state index contributed by atoms with van der Waals surface area (Å²) >= 11 is 2.29. The number of amides is 13. The van der Waals surface area contributed by atoms with Gasteiger partial charge in [0, 0.05) is 116 Å². The number of hydrogen-bond acceptors (Lipinski definition) is 22. The van der Waals surface area contributed by atoms with Crippen LogP contribution in [0.2, 0.25) is 0 Å². The van der Waals surface area contributed by atoms with Gasteiger partial charge < -0.3 is 88.0 Å². The van der Waals surface area contributed by atoms with Crippen LogP contribution >= 0.6 is 22.7 Å². The largest absolute Gasteiger partial charge is 0.480 e. The summed E-state index contributed by atoms with van der Waals surface area (Å²) in [6.45, 7) is 7.96. The Morgan fingerprint density at radius 2 is 1.25 bits per heavy atom. The number of sulfone groups is 1. The fourth-order valence-electron chi connectivity index (χ4n) is 16.7. The number of aromatic amines is 2. The number of nitrogens with one attached hydrogen (secondary N) is 12. The Morgan fingerprint density at radius 1 is 0.637 bits per heavy atom. The van der Waals surface area contributed by atoms with Gasteiger partial charge in [-0.15, -0.1) is 22.7 Å². The molecule has 0 bridgehead atoms. The van der Waals surface area contributed by atoms with Crippen molar-refractivity contribution in [3.8, 4) is 0 Å². The van der Waals surface area contributed by atoms with E-state index in [1.807, 2.05) is 24.3 Å². The van der Waals surface area contributed by atoms with Gasteiger partial charge in [-0.25, -0.2) is 23.2 Å². The van der Waals surface area contributed by atoms with Crippen molar-refractivity contribution < 1.29 is 104 Å². The zero-order valence-corrected chi connectivity index (χ0v) is 78.2. The monoisotopic (exact) mass is 1920 g/mol. The van der Waals surface area contributed by atoms with Crippen molar-refractivity contribution >= 4 is 148 Å². The van der Waals surface area contributed by atoms with Crippen molar-refractivity contribution in [2.45, 2.75) is 210 Å². The molecule has 2 saturated heterocycles. The van der Waals surface area contributed by atoms with Gasteiger partial charge in [-0.1, -0.05) is 113 Å². The number of aliphatic carboxylic acids is 1. The van der Waals surface area contributed by atoms with Crippen LogP contribution in [0.1, 0.15) is 131 Å². The van der Waals surface area contributed by atoms with Crippen LogP contribution in [-0.2, 0) is 126 Å². The highest BCUT2D eigenvalue weighted by molar-refractivity contribution is 7.90. The van der Waals surface area contributed by atoms with Crippen molar-refractivity contribution in [2.24, 2.45) is 17.8 Å². The van der Waals surface area contributed by atoms with Gasteiger partial charge in [-0.3, -0.25) is 67.1 Å². The van der Waals surface area contributed by atoms with Gasteiger partial charge in [0.2, 0.25) is 76.8 Å². The van der Waals surface area contributed by atoms with Gasteiger partial charge in [-0.05, 0) is 115 Å². The molecule has 1 aliphatic carbocycles. The number of carbonyl (C=O) groups is 15. The first kappa shape index (κ1) is 102. The minimum Gasteiger partial charge on any atom is -0.480 e. The van der Waals surface area contributed by atoms with Crippen LogP contribution in [0, 0.1) is 17.8 Å². The minimum atomic E-state index is -4.85. The summed E-state index contributed by atoms with van der Waals surface area (Å²) in [6.07, 6.45) is -2.96. The Kier molecular flexibility index (Phi) is 34.7. The number of ketones is 1. The summed E-state index contributed by atoms with van der Waals surface area (Å²) in [6, 6.07) is 2.82. The molecule has 8 aromatic rings. The molecule has 13 amide bonds. The third-order valence-electron chi connectivity index (χ3n) is 24.7. The van der Waals surface area contributed by atoms with E-state index in [4.69, 9.17) is 0 Å². The lowest BCUT2D eigenvalue weighted by atomic mass is 9.88. The maximum Gasteiger partial charge on any atom is 0.416 e. The van der Waals surface area contributed by atoms with Crippen molar-refractivity contribution in [3.05, 3.63) is 182 Å². The van der Waals surface area contributed by atoms with Crippen LogP contribution < -0.4 is 53.2 Å². The van der Waals surface area contributed by atoms with E-state index in [1.54, 1.807) is 99.2 Å². The van der Waals surface area contributed by atoms with E-state index in [1.165, 1.54) is 54.5 Å². The molecule has 3 aliphatic rings. The molecule has 11 rings (SSSR count). The molecule has 722 valence electrons. The number of aliphatic hydroxyl groups excluding tert-OH is 1. The lowest BCUT2D eigenvalue weighted by Gasteiger charge is -2.35. The molecule has 6 heterocycles. The van der Waals surface area contributed by atoms with Crippen LogP contribution in [0.15, 0.2) is 137 Å². The van der Waals surface area contributed by atoms with E-state index in [-0.39, 0.29) is 62.7 Å². The first-order valence-electron chi connectivity index (χ1n) is 44.3. The van der Waals surface area contributed by atoms with Gasteiger partial charge in [0.05, 0.1) is 52.8 Å². The number of carboxylic acid groups (broad SMARTS) is 1. The molecule has 36 nitrogen and oxygen atoms in total. The van der Waals surface area contributed by atoms with Gasteiger partial charge in [0.25, 0.3) is 0 Å². The summed E-state index contributed by atoms with van der Waals surface area (Å²) in [5.41, 5.74) is 6.63. The number of rotatable bonds is 26. The molecule has 15 atom stereocenters. The number of thiazole rings is 2. The number of carboxylic acids is 1. The number of aromatic nitrogens is 4. The summed E-state index contributed by atoms with van der Waals surface area (Å²) in [4.78, 5) is 244. The standard InChI is InChI=1S/C93H112F3N17O19S3/c1-10-50(4)79-91(128)113-32-17-24-73(113)85(122)109-78(49(2)3)88(125)106-69(35-55-28-27-54-18-11-12-19-62(54)55)83(120)104-68(36-57-42-97-65-22-15-13-20-63(57)65)76(115)38-56(34-53-25-29-59(30-26-53)93(94,95)96)81(118)103-67(31-33-135(9,131)132)82(119)102-51(5)80(117)105-70(41-77(116)101-52(6)89(126)111(7)75(87(124)110-79)40-61-46-134-48-100-61)84(121)107-71(37-58-43-98-66-23-16-14-21-64(58)66)90(127)112(8)74(39-60-45-133-47-99-60)86(123)108-72(44-114)92(129)130/h11-16,18-23,25-26,28-30,42-43,45-52,56,67-75,78-79,97-98,114H,10,17,24,27,31-41,44H2,1-9H3,(H,101,116)(H,102,119)(H,103,118)(H,104,120)(H,105,117)(H,106,125)(H,107,121)(H,108,123)(H,109,122)(H,110,124)(H,129,130)/t50-,51-,52-,56+,67-,68-,69-,70-,71-,72-,73-,74-,75-,78-,79-/m0/s1. The number of allylic oxidation sites excluding steroid dienone is 1. The second-order valence-corrected chi connectivity index (χ2v) is 38.5. The number of aliphatic hydroxyl groups is 1. The first-order valence-corrected chi connectivity index (χ1v) is 48.2. The number of halogens is 3. The molecule has 4 aromatic heterocycles. The zero-order valence-electron chi connectivity index (χ0n) is 75.8. The molecule has 2 aliphatic heterocycles. The Hall–Kier alpha value is -13.1. The number of carbonyl (C=O) groups excluding carboxylic acids is 14. The SMILES string of the molecule is CC[C@H](C)[C@@H]1NC(=O)[C@H](Cc2cscn2)N(C)C(=O)[C@H](C)NC(=O)C[C@@H](C(=O)N[C@@H](Cc2c[nH]c3ccccc23)C(=O)N(C)[C@@H](Cc2cscn2)C(=O)N[C@@H](CO)C(=O)O)NC(=O)[C@H](C)NC(=O)[C@H](CCS(C)(=O)=O)NC(=O)[C@H](Cc2ccc(C(F)(F)F)cc2)CC(=O)[C@H](Cc2c[nH]c3ccccc23)NC(=O)[C@H](CC2=CCc3ccccc32)NC(=O)[C@H](C(C)C)NC(=O)[C@@H]2CCCN2C1=O. The van der Waals surface area contributed by atoms with Gasteiger partial charge >= 0.3 is 12.1 Å². The van der Waals surface area contributed by atoms with Crippen LogP contribution in [0.4, 0.5) is 13.2 Å². The van der Waals surface area contributed by atoms with Crippen LogP contribution in [0.5, 0.6) is 0 Å². The number of H-pyrrole nitrogens is 2. The number of para-hydroxylation sites is 2. The lowest BCUT2D eigenvalue weighted by molar-refractivity contribution is -0.146. The highest BCUT2D eigenvalue weighted by Crippen LogP contribution is 2.34. The summed E-state index contributed by atoms with van der Waals surface area (Å²) < 4.78 is 69.1. The predicted molar refractivity (Wildman–Crippen MR) is 493 cm³/mol. The number of likely N-dealkylation sites (N-methyl/N-ethyl adjacent to an activating group) is 2. The van der Waals surface area contributed by atoms with Crippen molar-refractivity contribution in [1.82, 2.24) is 87.8 Å². The molecule has 0 unspecified atom stereocenters. The second-order valence-electron chi connectivity index (χ2n) is 34.8. The molecule has 0 saturated carbocycles. The van der Waals surface area contributed by atoms with E-state index >= 15 is 57.5 Å². The van der Waals surface area contributed by atoms with E-state index in [9.17, 15) is 46.2 Å². The smallest absolute Gasteiger partial charge is 0.416 e. The quantitative estimate of drug-likeness (QED) is 0.0366. The Bertz CT molecular complexity index is 5830. The molecular formula is C93H112F3N17O19S3. The summed E-state index contributed by atoms with van der Waals surface area (Å²) in [5, 5.41) is 50.4. The van der Waals surface area contributed by atoms with Gasteiger partial charge in [0.1, 0.15) is 82.3 Å². The number of benzene rings is 4. The second kappa shape index (κ2) is 45.8. The number of alkyl halides is 3. The molecule has 42 heteroatoms. The Labute approximate surface area is 784 Å². The minimum absolute atomic E-state index is 0.00212. The van der Waals surface area contributed by atoms with Crippen LogP contribution in [0.25, 0.3) is 27.4 Å². The molecular weight excluding hydrogens is 1810 g/mol. The highest BCUT2D eigenvalue weighted by Gasteiger charge is 2.45. The lowest BCUT2D eigenvalue weighted by Crippen LogP contribution is -2.61. The molecule has 14 N–H and O–H groups in total. The number of nitrogens with zero attached hydrogens (tertiary/aromatic N) is 5. The summed E-state index contributed by atoms with van der Waals surface area (Å²) in [7, 11) is -1.67. The average Bonchev–Trinajstić information content (AvgIpc) is 1.72. The zero-order chi connectivity index (χ0) is 98.0. The number of fused-ring (bicyclic) bond motifs is 4. The fourth-order valence-corrected chi connectivity index (χ4v) is 18.6. The first-order chi connectivity index (χ1) is 64.1. The van der Waals surface area contributed by atoms with E-state index in [2.05, 4.69) is 73.1 Å². The van der Waals surface area contributed by atoms with Crippen molar-refractivity contribution in [2.75, 3.05) is 39.3 Å². The highest BCUT2D eigenvalue weighted by atomic mass is 32.2. The Morgan fingerprint density at radius 3 is 1.88 bits per heavy atom. The third-order valence-corrected chi connectivity index (χ3v) is 26.9. The number of Topliss-reactive ketones (excluding diaryl/α,β-unsaturated/α-hetero) is 1. The average molecular weight is 1930 g/mol. The Balaban J connectivity index is 1.00. The molecule has 0 spiro atoms. The maximum atomic E-state index is 15.8. The van der Waals surface area contributed by atoms with Crippen LogP contribution in [-0.4, -0.2) is 260 Å².